The fourth-order valence-corrected chi connectivity index (χ4v) is 3.30. The molecule has 2 rings (SSSR count). The summed E-state index contributed by atoms with van der Waals surface area (Å²) in [6.45, 7) is 2.87. The Labute approximate surface area is 146 Å². The lowest BCUT2D eigenvalue weighted by molar-refractivity contribution is -0.135. The third-order valence-corrected chi connectivity index (χ3v) is 4.87. The van der Waals surface area contributed by atoms with Crippen molar-refractivity contribution >= 4 is 33.5 Å². The second-order valence-electron chi connectivity index (χ2n) is 5.34. The summed E-state index contributed by atoms with van der Waals surface area (Å²) < 4.78 is 33.0. The smallest absolute Gasteiger partial charge is 0.344 e. The van der Waals surface area contributed by atoms with Gasteiger partial charge in [0.25, 0.3) is 0 Å². The first-order valence-corrected chi connectivity index (χ1v) is 8.94. The van der Waals surface area contributed by atoms with Crippen molar-refractivity contribution in [1.82, 2.24) is 4.31 Å². The van der Waals surface area contributed by atoms with Crippen LogP contribution in [0.4, 0.5) is 5.69 Å². The highest BCUT2D eigenvalue weighted by Crippen LogP contribution is 2.18. The van der Waals surface area contributed by atoms with Gasteiger partial charge in [0.1, 0.15) is 6.54 Å². The van der Waals surface area contributed by atoms with Gasteiger partial charge in [0.05, 0.1) is 18.4 Å². The Balaban J connectivity index is 2.18. The minimum atomic E-state index is -4.07. The van der Waals surface area contributed by atoms with Gasteiger partial charge in [-0.2, -0.15) is 8.42 Å². The molecule has 1 aliphatic rings. The van der Waals surface area contributed by atoms with Gasteiger partial charge in [-0.15, -0.1) is 4.40 Å². The summed E-state index contributed by atoms with van der Waals surface area (Å²) in [5.41, 5.74) is 1.60. The molecular formula is C16H19N3O5S. The van der Waals surface area contributed by atoms with Crippen LogP contribution in [0.25, 0.3) is 0 Å². The van der Waals surface area contributed by atoms with Crippen LogP contribution in [0, 0.1) is 0 Å². The van der Waals surface area contributed by atoms with E-state index in [-0.39, 0.29) is 11.3 Å². The van der Waals surface area contributed by atoms with Crippen molar-refractivity contribution in [3.63, 3.8) is 0 Å². The van der Waals surface area contributed by atoms with Gasteiger partial charge in [0.2, 0.25) is 5.91 Å². The van der Waals surface area contributed by atoms with Crippen LogP contribution in [0.1, 0.15) is 19.4 Å². The number of hydrogen-bond acceptors (Lipinski definition) is 5. The molecule has 0 aromatic heterocycles. The van der Waals surface area contributed by atoms with Gasteiger partial charge in [-0.3, -0.25) is 4.79 Å². The highest BCUT2D eigenvalue weighted by atomic mass is 32.2. The van der Waals surface area contributed by atoms with Crippen LogP contribution >= 0.6 is 0 Å². The maximum absolute atomic E-state index is 12.2. The fourth-order valence-electron chi connectivity index (χ4n) is 2.23. The Morgan fingerprint density at radius 1 is 1.32 bits per heavy atom. The number of anilines is 1. The molecule has 0 bridgehead atoms. The molecule has 0 radical (unpaired) electrons. The summed E-state index contributed by atoms with van der Waals surface area (Å²) in [5.74, 6) is -1.27. The Morgan fingerprint density at radius 2 is 2.04 bits per heavy atom. The Kier molecular flexibility index (Phi) is 5.58. The van der Waals surface area contributed by atoms with Crippen molar-refractivity contribution in [2.45, 2.75) is 20.3 Å². The number of benzene rings is 1. The molecule has 1 aliphatic heterocycles. The minimum Gasteiger partial charge on any atom is -0.465 e. The van der Waals surface area contributed by atoms with Gasteiger partial charge < -0.3 is 10.1 Å². The number of esters is 1. The molecular weight excluding hydrogens is 346 g/mol. The third kappa shape index (κ3) is 4.44. The van der Waals surface area contributed by atoms with Crippen molar-refractivity contribution < 1.29 is 22.7 Å². The number of carbonyl (C=O) groups excluding carboxylic acids is 2. The zero-order valence-electron chi connectivity index (χ0n) is 14.1. The first kappa shape index (κ1) is 18.7. The number of rotatable bonds is 5. The quantitative estimate of drug-likeness (QED) is 0.791. The molecule has 1 amide bonds. The number of nitrogens with zero attached hydrogens (tertiary/aromatic N) is 2. The van der Waals surface area contributed by atoms with E-state index in [9.17, 15) is 18.0 Å². The summed E-state index contributed by atoms with van der Waals surface area (Å²) in [5, 5.41) is 2.63. The van der Waals surface area contributed by atoms with Gasteiger partial charge in [-0.25, -0.2) is 9.10 Å². The Bertz CT molecular complexity index is 858. The molecule has 1 aromatic rings. The van der Waals surface area contributed by atoms with Gasteiger partial charge >= 0.3 is 16.2 Å². The summed E-state index contributed by atoms with van der Waals surface area (Å²) in [6.07, 6.45) is 1.87. The van der Waals surface area contributed by atoms with Crippen molar-refractivity contribution in [2.24, 2.45) is 4.40 Å². The van der Waals surface area contributed by atoms with Crippen LogP contribution in [0.2, 0.25) is 0 Å². The highest BCUT2D eigenvalue weighted by Gasteiger charge is 2.29. The van der Waals surface area contributed by atoms with Crippen LogP contribution in [0.15, 0.2) is 40.4 Å². The topological polar surface area (TPSA) is 105 Å². The van der Waals surface area contributed by atoms with Crippen LogP contribution in [0.5, 0.6) is 0 Å². The van der Waals surface area contributed by atoms with Crippen LogP contribution < -0.4 is 5.32 Å². The zero-order valence-corrected chi connectivity index (χ0v) is 15.0. The van der Waals surface area contributed by atoms with Gasteiger partial charge in [-0.1, -0.05) is 19.1 Å². The number of amides is 1. The van der Waals surface area contributed by atoms with Gasteiger partial charge in [0, 0.05) is 11.9 Å². The summed E-state index contributed by atoms with van der Waals surface area (Å²) in [6, 6.07) is 7.24. The molecule has 1 N–H and O–H groups in total. The second-order valence-corrected chi connectivity index (χ2v) is 6.88. The number of aryl methyl sites for hydroxylation is 1. The van der Waals surface area contributed by atoms with Crippen molar-refractivity contribution in [2.75, 3.05) is 19.0 Å². The predicted molar refractivity (Wildman–Crippen MR) is 93.3 cm³/mol. The summed E-state index contributed by atoms with van der Waals surface area (Å²) in [7, 11) is -2.89. The molecule has 0 atom stereocenters. The molecule has 0 saturated heterocycles. The van der Waals surface area contributed by atoms with E-state index in [2.05, 4.69) is 14.5 Å². The standard InChI is InChI=1S/C16H19N3O5S/c1-4-12-6-5-7-13(8-12)17-15(20)10-19-9-14(16(21)24-3)11(2)18-25(19,22)23/h5-9H,4,10H2,1-3H3,(H,17,20). The second kappa shape index (κ2) is 7.47. The fraction of sp³-hybridized carbons (Fsp3) is 0.312. The van der Waals surface area contributed by atoms with Gasteiger partial charge in [0.15, 0.2) is 0 Å². The first-order valence-electron chi connectivity index (χ1n) is 7.54. The molecule has 1 heterocycles. The predicted octanol–water partition coefficient (Wildman–Crippen LogP) is 1.27. The van der Waals surface area contributed by atoms with Crippen LogP contribution in [0.3, 0.4) is 0 Å². The number of nitrogens with one attached hydrogen (secondary N) is 1. The van der Waals surface area contributed by atoms with E-state index in [1.165, 1.54) is 14.0 Å². The van der Waals surface area contributed by atoms with E-state index in [0.717, 1.165) is 18.2 Å². The molecule has 0 unspecified atom stereocenters. The molecule has 8 nitrogen and oxygen atoms in total. The highest BCUT2D eigenvalue weighted by molar-refractivity contribution is 7.88. The number of carbonyl (C=O) groups is 2. The van der Waals surface area contributed by atoms with E-state index in [0.29, 0.717) is 9.99 Å². The molecule has 0 saturated carbocycles. The van der Waals surface area contributed by atoms with E-state index in [1.54, 1.807) is 18.2 Å². The van der Waals surface area contributed by atoms with E-state index in [1.807, 2.05) is 13.0 Å². The Hall–Kier alpha value is -2.68. The summed E-state index contributed by atoms with van der Waals surface area (Å²) in [4.78, 5) is 23.9. The van der Waals surface area contributed by atoms with Crippen LogP contribution in [-0.2, 0) is 31.0 Å². The number of hydrogen-bond donors (Lipinski definition) is 1. The molecule has 0 aliphatic carbocycles. The van der Waals surface area contributed by atoms with E-state index >= 15 is 0 Å². The monoisotopic (exact) mass is 365 g/mol. The van der Waals surface area contributed by atoms with E-state index in [4.69, 9.17) is 0 Å². The maximum atomic E-state index is 12.2. The lowest BCUT2D eigenvalue weighted by Crippen LogP contribution is -2.37. The van der Waals surface area contributed by atoms with Gasteiger partial charge in [-0.05, 0) is 31.0 Å². The molecule has 134 valence electrons. The molecule has 1 aromatic carbocycles. The average molecular weight is 365 g/mol. The lowest BCUT2D eigenvalue weighted by atomic mass is 10.1. The molecule has 0 fully saturated rings. The van der Waals surface area contributed by atoms with Crippen molar-refractivity contribution in [3.8, 4) is 0 Å². The van der Waals surface area contributed by atoms with E-state index < -0.39 is 28.6 Å². The van der Waals surface area contributed by atoms with Crippen molar-refractivity contribution in [3.05, 3.63) is 41.6 Å². The van der Waals surface area contributed by atoms with Crippen LogP contribution in [-0.4, -0.2) is 44.0 Å². The SMILES string of the molecule is CCc1cccc(NC(=O)CN2C=C(C(=O)OC)C(C)=NS2(=O)=O)c1. The zero-order chi connectivity index (χ0) is 18.6. The lowest BCUT2D eigenvalue weighted by Gasteiger charge is -2.22. The maximum Gasteiger partial charge on any atom is 0.344 e. The largest absolute Gasteiger partial charge is 0.465 e. The molecule has 0 spiro atoms. The summed E-state index contributed by atoms with van der Waals surface area (Å²) >= 11 is 0. The number of ether oxygens (including phenoxy) is 1. The Morgan fingerprint density at radius 3 is 2.68 bits per heavy atom. The normalized spacial score (nSPS) is 15.9. The molecule has 9 heteroatoms. The number of methoxy groups -OCH3 is 1. The third-order valence-electron chi connectivity index (χ3n) is 3.54. The van der Waals surface area contributed by atoms with Crippen molar-refractivity contribution in [1.29, 1.82) is 0 Å². The molecule has 25 heavy (non-hydrogen) atoms. The first-order chi connectivity index (χ1) is 11.8. The minimum absolute atomic E-state index is 0.0131. The average Bonchev–Trinajstić information content (AvgIpc) is 2.56.